The number of nitrogens with one attached hydrogen (secondary N) is 1. The highest BCUT2D eigenvalue weighted by Gasteiger charge is 2.22. The van der Waals surface area contributed by atoms with Crippen LogP contribution in [0.5, 0.6) is 5.75 Å². The van der Waals surface area contributed by atoms with Crippen molar-refractivity contribution in [1.29, 1.82) is 0 Å². The van der Waals surface area contributed by atoms with E-state index < -0.39 is 18.1 Å². The fourth-order valence-electron chi connectivity index (χ4n) is 3.78. The molecule has 3 rings (SSSR count). The minimum Gasteiger partial charge on any atom is -0.480 e. The number of benzene rings is 2. The van der Waals surface area contributed by atoms with E-state index in [1.165, 1.54) is 4.90 Å². The Balaban J connectivity index is 1.89. The number of carbonyl (C=O) groups is 2. The van der Waals surface area contributed by atoms with E-state index in [0.717, 1.165) is 35.2 Å². The number of aryl methyl sites for hydroxylation is 1. The topological polar surface area (TPSA) is 108 Å². The van der Waals surface area contributed by atoms with E-state index >= 15 is 0 Å². The summed E-state index contributed by atoms with van der Waals surface area (Å²) in [5.41, 5.74) is 3.48. The number of hydrogen-bond donors (Lipinski definition) is 2. The van der Waals surface area contributed by atoms with E-state index in [4.69, 9.17) is 9.72 Å². The first-order chi connectivity index (χ1) is 18.0. The van der Waals surface area contributed by atoms with Crippen LogP contribution >= 0.6 is 0 Å². The van der Waals surface area contributed by atoms with Gasteiger partial charge < -0.3 is 25.0 Å². The molecule has 2 aromatic carbocycles. The standard InChI is InChI=1S/C29H37N5O4/c1-19(2)15-16-34(6)28-30-18-24(23-10-8-7-9-20(23)3)26(32-28)31-25(27(35)36)17-21-11-13-22(14-12-21)38-29(37)33(4)5/h7-14,18-19,25H,15-17H2,1-6H3,(H,35,36)(H,30,31,32)/t25-/m0/s1. The molecule has 0 spiro atoms. The van der Waals surface area contributed by atoms with Gasteiger partial charge in [-0.1, -0.05) is 50.2 Å². The summed E-state index contributed by atoms with van der Waals surface area (Å²) in [6, 6.07) is 13.7. The van der Waals surface area contributed by atoms with Crippen LogP contribution in [0.15, 0.2) is 54.7 Å². The first-order valence-electron chi connectivity index (χ1n) is 12.7. The van der Waals surface area contributed by atoms with Gasteiger partial charge in [-0.3, -0.25) is 0 Å². The SMILES string of the molecule is Cc1ccccc1-c1cnc(N(C)CCC(C)C)nc1N[C@@H](Cc1ccc(OC(=O)N(C)C)cc1)C(=O)O. The number of anilines is 2. The van der Waals surface area contributed by atoms with Crippen molar-refractivity contribution in [3.05, 3.63) is 65.9 Å². The number of ether oxygens (including phenoxy) is 1. The van der Waals surface area contributed by atoms with Crippen LogP contribution in [0.25, 0.3) is 11.1 Å². The Labute approximate surface area is 224 Å². The van der Waals surface area contributed by atoms with Gasteiger partial charge >= 0.3 is 12.1 Å². The maximum absolute atomic E-state index is 12.3. The molecule has 0 saturated heterocycles. The van der Waals surface area contributed by atoms with Gasteiger partial charge in [0.2, 0.25) is 5.95 Å². The smallest absolute Gasteiger partial charge is 0.414 e. The Morgan fingerprint density at radius 2 is 1.71 bits per heavy atom. The average Bonchev–Trinajstić information content (AvgIpc) is 2.88. The first-order valence-corrected chi connectivity index (χ1v) is 12.7. The summed E-state index contributed by atoms with van der Waals surface area (Å²) in [7, 11) is 5.14. The number of carboxylic acid groups (broad SMARTS) is 1. The monoisotopic (exact) mass is 519 g/mol. The zero-order valence-corrected chi connectivity index (χ0v) is 22.9. The maximum atomic E-state index is 12.3. The van der Waals surface area contributed by atoms with Crippen LogP contribution in [0, 0.1) is 12.8 Å². The van der Waals surface area contributed by atoms with Crippen molar-refractivity contribution in [1.82, 2.24) is 14.9 Å². The van der Waals surface area contributed by atoms with Crippen LogP contribution in [0.2, 0.25) is 0 Å². The lowest BCUT2D eigenvalue weighted by molar-refractivity contribution is -0.137. The third-order valence-corrected chi connectivity index (χ3v) is 6.14. The third-order valence-electron chi connectivity index (χ3n) is 6.14. The molecule has 0 fully saturated rings. The van der Waals surface area contributed by atoms with E-state index in [9.17, 15) is 14.7 Å². The van der Waals surface area contributed by atoms with Crippen molar-refractivity contribution >= 4 is 23.8 Å². The molecule has 3 aromatic rings. The van der Waals surface area contributed by atoms with Crippen LogP contribution in [-0.2, 0) is 11.2 Å². The van der Waals surface area contributed by atoms with E-state index in [2.05, 4.69) is 24.1 Å². The Morgan fingerprint density at radius 3 is 2.32 bits per heavy atom. The van der Waals surface area contributed by atoms with Crippen molar-refractivity contribution in [3.63, 3.8) is 0 Å². The number of aromatic nitrogens is 2. The predicted molar refractivity (Wildman–Crippen MR) is 150 cm³/mol. The maximum Gasteiger partial charge on any atom is 0.414 e. The number of aliphatic carboxylic acids is 1. The highest BCUT2D eigenvalue weighted by atomic mass is 16.6. The van der Waals surface area contributed by atoms with Gasteiger partial charge in [-0.15, -0.1) is 0 Å². The molecule has 1 atom stereocenters. The molecule has 0 aliphatic carbocycles. The number of hydrogen-bond acceptors (Lipinski definition) is 7. The van der Waals surface area contributed by atoms with Crippen molar-refractivity contribution in [2.24, 2.45) is 5.92 Å². The van der Waals surface area contributed by atoms with Gasteiger partial charge in [0.05, 0.1) is 0 Å². The number of carboxylic acids is 1. The van der Waals surface area contributed by atoms with Gasteiger partial charge in [0.25, 0.3) is 0 Å². The van der Waals surface area contributed by atoms with E-state index in [1.807, 2.05) is 43.1 Å². The quantitative estimate of drug-likeness (QED) is 0.360. The molecule has 0 saturated carbocycles. The molecule has 202 valence electrons. The third kappa shape index (κ3) is 7.68. The predicted octanol–water partition coefficient (Wildman–Crippen LogP) is 5.10. The van der Waals surface area contributed by atoms with E-state index in [0.29, 0.717) is 23.4 Å². The molecule has 0 bridgehead atoms. The average molecular weight is 520 g/mol. The number of rotatable bonds is 11. The van der Waals surface area contributed by atoms with Crippen LogP contribution < -0.4 is 15.0 Å². The van der Waals surface area contributed by atoms with Crippen LogP contribution in [0.1, 0.15) is 31.4 Å². The lowest BCUT2D eigenvalue weighted by Gasteiger charge is -2.22. The minimum absolute atomic E-state index is 0.201. The van der Waals surface area contributed by atoms with E-state index in [1.54, 1.807) is 44.6 Å². The summed E-state index contributed by atoms with van der Waals surface area (Å²) in [5, 5.41) is 13.3. The van der Waals surface area contributed by atoms with E-state index in [-0.39, 0.29) is 6.42 Å². The molecule has 0 unspecified atom stereocenters. The summed E-state index contributed by atoms with van der Waals surface area (Å²) in [4.78, 5) is 36.8. The fourth-order valence-corrected chi connectivity index (χ4v) is 3.78. The highest BCUT2D eigenvalue weighted by Crippen LogP contribution is 2.31. The van der Waals surface area contributed by atoms with Gasteiger partial charge in [-0.2, -0.15) is 4.98 Å². The van der Waals surface area contributed by atoms with Crippen LogP contribution in [0.3, 0.4) is 0 Å². The molecular formula is C29H37N5O4. The lowest BCUT2D eigenvalue weighted by atomic mass is 10.0. The van der Waals surface area contributed by atoms with Gasteiger partial charge in [-0.25, -0.2) is 14.6 Å². The van der Waals surface area contributed by atoms with Gasteiger partial charge in [-0.05, 0) is 48.1 Å². The number of amides is 1. The Morgan fingerprint density at radius 1 is 1.03 bits per heavy atom. The second-order valence-electron chi connectivity index (χ2n) is 10.00. The summed E-state index contributed by atoms with van der Waals surface area (Å²) >= 11 is 0. The number of nitrogens with zero attached hydrogens (tertiary/aromatic N) is 4. The molecule has 9 heteroatoms. The van der Waals surface area contributed by atoms with Gasteiger partial charge in [0.15, 0.2) is 0 Å². The molecule has 0 aliphatic rings. The van der Waals surface area contributed by atoms with Crippen molar-refractivity contribution in [3.8, 4) is 16.9 Å². The highest BCUT2D eigenvalue weighted by molar-refractivity contribution is 5.83. The summed E-state index contributed by atoms with van der Waals surface area (Å²) < 4.78 is 5.26. The molecule has 0 radical (unpaired) electrons. The molecular weight excluding hydrogens is 482 g/mol. The van der Waals surface area contributed by atoms with Crippen LogP contribution in [0.4, 0.5) is 16.6 Å². The number of carbonyl (C=O) groups excluding carboxylic acids is 1. The Hall–Kier alpha value is -4.14. The zero-order chi connectivity index (χ0) is 27.8. The first kappa shape index (κ1) is 28.4. The second kappa shape index (κ2) is 12.9. The summed E-state index contributed by atoms with van der Waals surface area (Å²) in [5.74, 6) is 0.915. The van der Waals surface area contributed by atoms with Crippen molar-refractivity contribution in [2.45, 2.75) is 39.7 Å². The molecule has 1 aromatic heterocycles. The summed E-state index contributed by atoms with van der Waals surface area (Å²) in [6.45, 7) is 7.12. The Bertz CT molecular complexity index is 1240. The molecule has 1 heterocycles. The summed E-state index contributed by atoms with van der Waals surface area (Å²) in [6.07, 6.45) is 2.46. The minimum atomic E-state index is -1.00. The van der Waals surface area contributed by atoms with Crippen molar-refractivity contribution < 1.29 is 19.4 Å². The molecule has 1 amide bonds. The fraction of sp³-hybridized carbons (Fsp3) is 0.379. The van der Waals surface area contributed by atoms with Gasteiger partial charge in [0.1, 0.15) is 17.6 Å². The zero-order valence-electron chi connectivity index (χ0n) is 22.9. The molecule has 2 N–H and O–H groups in total. The Kier molecular flexibility index (Phi) is 9.65. The molecule has 9 nitrogen and oxygen atoms in total. The van der Waals surface area contributed by atoms with Crippen molar-refractivity contribution in [2.75, 3.05) is 37.9 Å². The lowest BCUT2D eigenvalue weighted by Crippen LogP contribution is -2.32. The van der Waals surface area contributed by atoms with Crippen LogP contribution in [-0.4, -0.2) is 65.8 Å². The normalized spacial score (nSPS) is 11.7. The molecule has 38 heavy (non-hydrogen) atoms. The van der Waals surface area contributed by atoms with Gasteiger partial charge in [0, 0.05) is 45.9 Å². The molecule has 0 aliphatic heterocycles. The largest absolute Gasteiger partial charge is 0.480 e. The second-order valence-corrected chi connectivity index (χ2v) is 10.00.